The Hall–Kier alpha value is -2.28. The van der Waals surface area contributed by atoms with Gasteiger partial charge in [-0.3, -0.25) is 9.59 Å². The minimum Gasteiger partial charge on any atom is -0.337 e. The number of alkyl halides is 2. The average Bonchev–Trinajstić information content (AvgIpc) is 3.11. The number of carbonyl (C=O) groups is 2. The summed E-state index contributed by atoms with van der Waals surface area (Å²) in [6.07, 6.45) is 2.40. The molecule has 0 aliphatic carbocycles. The summed E-state index contributed by atoms with van der Waals surface area (Å²) >= 11 is 5.93. The highest BCUT2D eigenvalue weighted by Crippen LogP contribution is 2.23. The molecule has 0 spiro atoms. The van der Waals surface area contributed by atoms with E-state index in [0.717, 1.165) is 6.20 Å². The van der Waals surface area contributed by atoms with Gasteiger partial charge in [-0.1, -0.05) is 23.7 Å². The molecule has 1 amide bonds. The molecule has 25 heavy (non-hydrogen) atoms. The molecule has 0 radical (unpaired) electrons. The van der Waals surface area contributed by atoms with Crippen LogP contribution >= 0.6 is 11.6 Å². The number of benzene rings is 1. The molecule has 0 saturated carbocycles. The third kappa shape index (κ3) is 3.87. The van der Waals surface area contributed by atoms with E-state index in [1.807, 2.05) is 0 Å². The van der Waals surface area contributed by atoms with Gasteiger partial charge in [-0.15, -0.1) is 0 Å². The number of ketones is 1. The lowest BCUT2D eigenvalue weighted by molar-refractivity contribution is 0.0540. The van der Waals surface area contributed by atoms with E-state index in [1.165, 1.54) is 11.0 Å². The fraction of sp³-hybridized carbons (Fsp3) is 0.353. The minimum absolute atomic E-state index is 0.0452. The molecule has 1 aliphatic rings. The molecule has 1 aromatic carbocycles. The van der Waals surface area contributed by atoms with Crippen molar-refractivity contribution in [2.75, 3.05) is 13.1 Å². The third-order valence-corrected chi connectivity index (χ3v) is 4.45. The van der Waals surface area contributed by atoms with Gasteiger partial charge in [0.25, 0.3) is 5.91 Å². The second-order valence-electron chi connectivity index (χ2n) is 5.92. The number of carbonyl (C=O) groups excluding carboxylic acids is 2. The first-order chi connectivity index (χ1) is 12.0. The average molecular weight is 368 g/mol. The van der Waals surface area contributed by atoms with Crippen molar-refractivity contribution in [3.63, 3.8) is 0 Å². The second-order valence-corrected chi connectivity index (χ2v) is 6.36. The number of hydrogen-bond acceptors (Lipinski definition) is 3. The van der Waals surface area contributed by atoms with Crippen molar-refractivity contribution in [3.05, 3.63) is 52.8 Å². The summed E-state index contributed by atoms with van der Waals surface area (Å²) in [5.74, 6) is -0.852. The van der Waals surface area contributed by atoms with Crippen LogP contribution in [0.15, 0.2) is 36.5 Å². The molecular formula is C17H16ClF2N3O2. The van der Waals surface area contributed by atoms with E-state index < -0.39 is 12.5 Å². The Balaban J connectivity index is 1.72. The minimum atomic E-state index is -2.79. The first kappa shape index (κ1) is 17.5. The molecule has 5 nitrogen and oxygen atoms in total. The van der Waals surface area contributed by atoms with Crippen molar-refractivity contribution in [1.82, 2.24) is 14.7 Å². The van der Waals surface area contributed by atoms with Gasteiger partial charge in [0.15, 0.2) is 11.5 Å². The van der Waals surface area contributed by atoms with E-state index in [4.69, 9.17) is 11.6 Å². The van der Waals surface area contributed by atoms with E-state index in [9.17, 15) is 18.4 Å². The molecule has 2 aromatic rings. The summed E-state index contributed by atoms with van der Waals surface area (Å²) in [6.45, 7) is -2.08. The summed E-state index contributed by atoms with van der Waals surface area (Å²) in [7, 11) is 0. The van der Waals surface area contributed by atoms with Crippen molar-refractivity contribution in [2.24, 2.45) is 5.92 Å². The second kappa shape index (κ2) is 7.31. The number of nitrogens with zero attached hydrogens (tertiary/aromatic N) is 3. The monoisotopic (exact) mass is 367 g/mol. The first-order valence-corrected chi connectivity index (χ1v) is 8.26. The van der Waals surface area contributed by atoms with E-state index in [-0.39, 0.29) is 23.9 Å². The predicted octanol–water partition coefficient (Wildman–Crippen LogP) is 3.67. The zero-order valence-electron chi connectivity index (χ0n) is 13.2. The van der Waals surface area contributed by atoms with E-state index in [0.29, 0.717) is 34.7 Å². The van der Waals surface area contributed by atoms with Crippen LogP contribution < -0.4 is 0 Å². The van der Waals surface area contributed by atoms with Crippen LogP contribution in [0.2, 0.25) is 5.02 Å². The van der Waals surface area contributed by atoms with Gasteiger partial charge >= 0.3 is 6.55 Å². The van der Waals surface area contributed by atoms with Gasteiger partial charge in [0.05, 0.1) is 0 Å². The lowest BCUT2D eigenvalue weighted by atomic mass is 9.90. The van der Waals surface area contributed by atoms with Crippen LogP contribution in [-0.2, 0) is 0 Å². The fourth-order valence-electron chi connectivity index (χ4n) is 2.98. The largest absolute Gasteiger partial charge is 0.337 e. The number of amides is 1. The molecule has 8 heteroatoms. The number of hydrogen-bond donors (Lipinski definition) is 0. The highest BCUT2D eigenvalue weighted by Gasteiger charge is 2.30. The van der Waals surface area contributed by atoms with Crippen LogP contribution in [0, 0.1) is 5.92 Å². The van der Waals surface area contributed by atoms with Crippen molar-refractivity contribution >= 4 is 23.3 Å². The number of rotatable bonds is 4. The molecule has 1 aliphatic heterocycles. The molecule has 1 saturated heterocycles. The van der Waals surface area contributed by atoms with Crippen LogP contribution in [0.5, 0.6) is 0 Å². The normalized spacial score (nSPS) is 17.8. The topological polar surface area (TPSA) is 55.2 Å². The van der Waals surface area contributed by atoms with Gasteiger partial charge in [-0.25, -0.2) is 4.68 Å². The maximum Gasteiger partial charge on any atom is 0.333 e. The third-order valence-electron chi connectivity index (χ3n) is 4.22. The lowest BCUT2D eigenvalue weighted by Gasteiger charge is -2.31. The molecule has 1 atom stereocenters. The van der Waals surface area contributed by atoms with E-state index >= 15 is 0 Å². The molecule has 0 N–H and O–H groups in total. The van der Waals surface area contributed by atoms with Gasteiger partial charge in [-0.05, 0) is 31.0 Å². The molecule has 2 heterocycles. The summed E-state index contributed by atoms with van der Waals surface area (Å²) in [4.78, 5) is 26.6. The van der Waals surface area contributed by atoms with E-state index in [2.05, 4.69) is 5.10 Å². The number of halogens is 3. The zero-order chi connectivity index (χ0) is 18.0. The summed E-state index contributed by atoms with van der Waals surface area (Å²) < 4.78 is 25.6. The summed E-state index contributed by atoms with van der Waals surface area (Å²) in [5, 5.41) is 4.08. The van der Waals surface area contributed by atoms with Crippen molar-refractivity contribution < 1.29 is 18.4 Å². The fourth-order valence-corrected chi connectivity index (χ4v) is 3.17. The molecule has 132 valence electrons. The van der Waals surface area contributed by atoms with Gasteiger partial charge in [0, 0.05) is 35.8 Å². The quantitative estimate of drug-likeness (QED) is 0.775. The number of piperidine rings is 1. The Morgan fingerprint density at radius 1 is 1.28 bits per heavy atom. The zero-order valence-corrected chi connectivity index (χ0v) is 14.0. The van der Waals surface area contributed by atoms with Gasteiger partial charge in [-0.2, -0.15) is 13.9 Å². The highest BCUT2D eigenvalue weighted by molar-refractivity contribution is 6.31. The number of likely N-dealkylation sites (tertiary alicyclic amines) is 1. The number of aromatic nitrogens is 2. The van der Waals surface area contributed by atoms with Crippen molar-refractivity contribution in [1.29, 1.82) is 0 Å². The smallest absolute Gasteiger partial charge is 0.333 e. The molecule has 1 fully saturated rings. The van der Waals surface area contributed by atoms with Crippen LogP contribution in [0.1, 0.15) is 40.2 Å². The van der Waals surface area contributed by atoms with Gasteiger partial charge in [0.2, 0.25) is 0 Å². The first-order valence-electron chi connectivity index (χ1n) is 7.88. The molecular weight excluding hydrogens is 352 g/mol. The Morgan fingerprint density at radius 3 is 2.76 bits per heavy atom. The van der Waals surface area contributed by atoms with Crippen LogP contribution in [0.4, 0.5) is 8.78 Å². The van der Waals surface area contributed by atoms with Gasteiger partial charge < -0.3 is 4.90 Å². The lowest BCUT2D eigenvalue weighted by Crippen LogP contribution is -2.42. The molecule has 3 rings (SSSR count). The predicted molar refractivity (Wildman–Crippen MR) is 87.9 cm³/mol. The summed E-state index contributed by atoms with van der Waals surface area (Å²) in [6, 6.07) is 7.96. The Bertz CT molecular complexity index is 794. The Morgan fingerprint density at radius 2 is 2.08 bits per heavy atom. The van der Waals surface area contributed by atoms with Crippen molar-refractivity contribution in [2.45, 2.75) is 19.4 Å². The highest BCUT2D eigenvalue weighted by atomic mass is 35.5. The van der Waals surface area contributed by atoms with Crippen LogP contribution in [-0.4, -0.2) is 39.5 Å². The van der Waals surface area contributed by atoms with Gasteiger partial charge in [0.1, 0.15) is 0 Å². The Labute approximate surface area is 148 Å². The summed E-state index contributed by atoms with van der Waals surface area (Å²) in [5.41, 5.74) is 0.463. The van der Waals surface area contributed by atoms with Crippen molar-refractivity contribution in [3.8, 4) is 0 Å². The maximum absolute atomic E-state index is 12.6. The Kier molecular flexibility index (Phi) is 5.13. The standard InChI is InChI=1S/C17H16ClF2N3O2/c18-13-5-1-3-11(9-13)15(24)12-4-2-7-22(10-12)16(25)14-6-8-23(21-14)17(19)20/h1,3,5-6,8-9,12,17H,2,4,7,10H2/t12-/m1/s1. The molecule has 0 unspecified atom stereocenters. The number of Topliss-reactive ketones (excluding diaryl/α,β-unsaturated/α-hetero) is 1. The van der Waals surface area contributed by atoms with Crippen LogP contribution in [0.3, 0.4) is 0 Å². The molecule has 0 bridgehead atoms. The maximum atomic E-state index is 12.6. The van der Waals surface area contributed by atoms with E-state index in [1.54, 1.807) is 24.3 Å². The SMILES string of the molecule is O=C(c1cccc(Cl)c1)[C@@H]1CCCN(C(=O)c2ccn(C(F)F)n2)C1. The molecule has 1 aromatic heterocycles. The van der Waals surface area contributed by atoms with Crippen LogP contribution in [0.25, 0.3) is 0 Å².